The highest BCUT2D eigenvalue weighted by Crippen LogP contribution is 2.31. The molecule has 0 bridgehead atoms. The molecule has 0 unspecified atom stereocenters. The van der Waals surface area contributed by atoms with E-state index in [1.54, 1.807) is 23.5 Å². The smallest absolute Gasteiger partial charge is 0.405 e. The highest BCUT2D eigenvalue weighted by atomic mass is 79.9. The van der Waals surface area contributed by atoms with Crippen LogP contribution in [0.2, 0.25) is 0 Å². The first kappa shape index (κ1) is 16.8. The molecular weight excluding hydrogens is 435 g/mol. The van der Waals surface area contributed by atoms with Gasteiger partial charge in [0.05, 0.1) is 4.47 Å². The summed E-state index contributed by atoms with van der Waals surface area (Å²) in [5, 5.41) is 5.22. The monoisotopic (exact) mass is 443 g/mol. The minimum Gasteiger partial charge on any atom is -0.405 e. The van der Waals surface area contributed by atoms with Crippen molar-refractivity contribution in [2.24, 2.45) is 0 Å². The third-order valence-corrected chi connectivity index (χ3v) is 5.07. The van der Waals surface area contributed by atoms with E-state index in [1.807, 2.05) is 11.4 Å². The van der Waals surface area contributed by atoms with Gasteiger partial charge in [-0.3, -0.25) is 0 Å². The zero-order valence-electron chi connectivity index (χ0n) is 10.5. The van der Waals surface area contributed by atoms with Crippen molar-refractivity contribution in [2.45, 2.75) is 19.5 Å². The second-order valence-corrected chi connectivity index (χ2v) is 6.82. The molecule has 114 valence electrons. The van der Waals surface area contributed by atoms with Crippen LogP contribution >= 0.6 is 43.2 Å². The molecule has 0 aliphatic rings. The molecule has 1 aromatic carbocycles. The Morgan fingerprint density at radius 2 is 1.86 bits per heavy atom. The maximum Gasteiger partial charge on any atom is 0.573 e. The maximum atomic E-state index is 12.2. The van der Waals surface area contributed by atoms with Crippen LogP contribution in [0.15, 0.2) is 38.6 Å². The molecule has 0 aliphatic carbocycles. The predicted octanol–water partition coefficient (Wildman–Crippen LogP) is 5.46. The van der Waals surface area contributed by atoms with Gasteiger partial charge in [0, 0.05) is 22.4 Å². The predicted molar refractivity (Wildman–Crippen MR) is 83.4 cm³/mol. The van der Waals surface area contributed by atoms with E-state index in [2.05, 4.69) is 41.9 Å². The van der Waals surface area contributed by atoms with Crippen molar-refractivity contribution in [2.75, 3.05) is 0 Å². The first-order chi connectivity index (χ1) is 9.85. The zero-order chi connectivity index (χ0) is 15.5. The van der Waals surface area contributed by atoms with Gasteiger partial charge in [-0.2, -0.15) is 0 Å². The fraction of sp³-hybridized carbons (Fsp3) is 0.231. The third-order valence-electron chi connectivity index (χ3n) is 2.53. The van der Waals surface area contributed by atoms with Crippen LogP contribution in [0.25, 0.3) is 0 Å². The Hall–Kier alpha value is -0.570. The van der Waals surface area contributed by atoms with Crippen LogP contribution in [0.3, 0.4) is 0 Å². The van der Waals surface area contributed by atoms with E-state index in [4.69, 9.17) is 0 Å². The molecule has 1 N–H and O–H groups in total. The fourth-order valence-corrected chi connectivity index (χ4v) is 3.60. The van der Waals surface area contributed by atoms with Gasteiger partial charge in [-0.15, -0.1) is 24.5 Å². The molecule has 0 atom stereocenters. The third kappa shape index (κ3) is 5.28. The van der Waals surface area contributed by atoms with Gasteiger partial charge in [-0.25, -0.2) is 0 Å². The highest BCUT2D eigenvalue weighted by Gasteiger charge is 2.31. The Labute approximate surface area is 140 Å². The largest absolute Gasteiger partial charge is 0.573 e. The number of halogens is 5. The zero-order valence-corrected chi connectivity index (χ0v) is 14.5. The van der Waals surface area contributed by atoms with E-state index >= 15 is 0 Å². The summed E-state index contributed by atoms with van der Waals surface area (Å²) in [4.78, 5) is 1.17. The van der Waals surface area contributed by atoms with Crippen molar-refractivity contribution < 1.29 is 17.9 Å². The number of rotatable bonds is 5. The van der Waals surface area contributed by atoms with E-state index < -0.39 is 6.36 Å². The Bertz CT molecular complexity index is 616. The molecule has 0 amide bonds. The molecule has 0 saturated heterocycles. The first-order valence-corrected chi connectivity index (χ1v) is 8.28. The van der Waals surface area contributed by atoms with Gasteiger partial charge in [0.15, 0.2) is 0 Å². The highest BCUT2D eigenvalue weighted by molar-refractivity contribution is 9.10. The van der Waals surface area contributed by atoms with Gasteiger partial charge in [-0.1, -0.05) is 6.07 Å². The minimum atomic E-state index is -4.69. The molecule has 2 nitrogen and oxygen atoms in total. The van der Waals surface area contributed by atoms with Crippen molar-refractivity contribution in [3.05, 3.63) is 49.0 Å². The number of hydrogen-bond donors (Lipinski definition) is 1. The first-order valence-electron chi connectivity index (χ1n) is 5.82. The number of benzene rings is 1. The van der Waals surface area contributed by atoms with E-state index in [1.165, 1.54) is 10.9 Å². The molecule has 2 rings (SSSR count). The standard InChI is InChI=1S/C13H10Br2F3NOS/c14-9-3-4-21-12(9)7-19-6-8-1-2-11(10(15)5-8)20-13(16,17)18/h1-5,19H,6-7H2. The van der Waals surface area contributed by atoms with Crippen molar-refractivity contribution in [3.63, 3.8) is 0 Å². The van der Waals surface area contributed by atoms with Gasteiger partial charge < -0.3 is 10.1 Å². The molecule has 21 heavy (non-hydrogen) atoms. The lowest BCUT2D eigenvalue weighted by Gasteiger charge is -2.12. The molecule has 0 spiro atoms. The number of nitrogens with one attached hydrogen (secondary N) is 1. The minimum absolute atomic E-state index is 0.243. The molecule has 0 radical (unpaired) electrons. The van der Waals surface area contributed by atoms with Crippen LogP contribution in [0.5, 0.6) is 5.75 Å². The Morgan fingerprint density at radius 3 is 2.43 bits per heavy atom. The van der Waals surface area contributed by atoms with Crippen LogP contribution in [0.1, 0.15) is 10.4 Å². The quantitative estimate of drug-likeness (QED) is 0.660. The van der Waals surface area contributed by atoms with Crippen LogP contribution < -0.4 is 10.1 Å². The molecular formula is C13H10Br2F3NOS. The van der Waals surface area contributed by atoms with Gasteiger partial charge >= 0.3 is 6.36 Å². The second kappa shape index (κ2) is 7.13. The fourth-order valence-electron chi connectivity index (χ4n) is 1.63. The Kier molecular flexibility index (Phi) is 5.70. The van der Waals surface area contributed by atoms with Gasteiger partial charge in [0.1, 0.15) is 5.75 Å². The van der Waals surface area contributed by atoms with Crippen molar-refractivity contribution >= 4 is 43.2 Å². The maximum absolute atomic E-state index is 12.2. The molecule has 0 saturated carbocycles. The van der Waals surface area contributed by atoms with Crippen LogP contribution in [0, 0.1) is 0 Å². The number of thiophene rings is 1. The van der Waals surface area contributed by atoms with E-state index in [0.717, 1.165) is 10.0 Å². The van der Waals surface area contributed by atoms with Crippen LogP contribution in [-0.4, -0.2) is 6.36 Å². The lowest BCUT2D eigenvalue weighted by Crippen LogP contribution is -2.17. The van der Waals surface area contributed by atoms with Crippen molar-refractivity contribution in [1.29, 1.82) is 0 Å². The van der Waals surface area contributed by atoms with Crippen LogP contribution in [-0.2, 0) is 13.1 Å². The summed E-state index contributed by atoms with van der Waals surface area (Å²) in [5.41, 5.74) is 0.865. The SMILES string of the molecule is FC(F)(F)Oc1ccc(CNCc2sccc2Br)cc1Br. The number of ether oxygens (including phenoxy) is 1. The van der Waals surface area contributed by atoms with Gasteiger partial charge in [0.2, 0.25) is 0 Å². The molecule has 2 aromatic rings. The topological polar surface area (TPSA) is 21.3 Å². The summed E-state index contributed by atoms with van der Waals surface area (Å²) in [6.07, 6.45) is -4.69. The van der Waals surface area contributed by atoms with Gasteiger partial charge in [-0.05, 0) is 61.0 Å². The van der Waals surface area contributed by atoms with Crippen molar-refractivity contribution in [1.82, 2.24) is 5.32 Å². The second-order valence-electron chi connectivity index (χ2n) is 4.11. The lowest BCUT2D eigenvalue weighted by atomic mass is 10.2. The molecule has 0 aliphatic heterocycles. The average Bonchev–Trinajstić information content (AvgIpc) is 2.77. The summed E-state index contributed by atoms with van der Waals surface area (Å²) >= 11 is 8.16. The summed E-state index contributed by atoms with van der Waals surface area (Å²) in [7, 11) is 0. The molecule has 1 aromatic heterocycles. The summed E-state index contributed by atoms with van der Waals surface area (Å²) < 4.78 is 41.7. The van der Waals surface area contributed by atoms with Crippen molar-refractivity contribution in [3.8, 4) is 5.75 Å². The van der Waals surface area contributed by atoms with E-state index in [-0.39, 0.29) is 10.2 Å². The normalized spacial score (nSPS) is 11.7. The average molecular weight is 445 g/mol. The summed E-state index contributed by atoms with van der Waals surface area (Å²) in [6, 6.07) is 6.48. The molecule has 1 heterocycles. The Morgan fingerprint density at radius 1 is 1.10 bits per heavy atom. The van der Waals surface area contributed by atoms with Crippen LogP contribution in [0.4, 0.5) is 13.2 Å². The Balaban J connectivity index is 1.93. The van der Waals surface area contributed by atoms with Gasteiger partial charge in [0.25, 0.3) is 0 Å². The number of alkyl halides is 3. The number of hydrogen-bond acceptors (Lipinski definition) is 3. The van der Waals surface area contributed by atoms with E-state index in [9.17, 15) is 13.2 Å². The summed E-state index contributed by atoms with van der Waals surface area (Å²) in [6.45, 7) is 1.24. The summed E-state index contributed by atoms with van der Waals surface area (Å²) in [5.74, 6) is -0.243. The lowest BCUT2D eigenvalue weighted by molar-refractivity contribution is -0.274. The molecule has 8 heteroatoms. The molecule has 0 fully saturated rings. The van der Waals surface area contributed by atoms with E-state index in [0.29, 0.717) is 13.1 Å².